The topological polar surface area (TPSA) is 56.8 Å². The van der Waals surface area contributed by atoms with Crippen molar-refractivity contribution in [2.24, 2.45) is 0 Å². The first-order valence-corrected chi connectivity index (χ1v) is 7.47. The van der Waals surface area contributed by atoms with Crippen molar-refractivity contribution in [2.45, 2.75) is 13.0 Å². The molecule has 0 aromatic heterocycles. The average molecular weight is 351 g/mol. The molecule has 2 aromatic rings. The smallest absolute Gasteiger partial charge is 0.255 e. The molecule has 1 unspecified atom stereocenters. The minimum atomic E-state index is -0.730. The number of benzene rings is 2. The lowest BCUT2D eigenvalue weighted by atomic mass is 10.1. The Morgan fingerprint density at radius 3 is 2.12 bits per heavy atom. The summed E-state index contributed by atoms with van der Waals surface area (Å²) in [6.45, 7) is 1.60. The van der Waals surface area contributed by atoms with Crippen LogP contribution < -0.4 is 19.5 Å². The van der Waals surface area contributed by atoms with Gasteiger partial charge in [0.1, 0.15) is 17.4 Å². The monoisotopic (exact) mass is 351 g/mol. The maximum atomic E-state index is 13.9. The average Bonchev–Trinajstić information content (AvgIpc) is 2.60. The summed E-state index contributed by atoms with van der Waals surface area (Å²) in [5.74, 6) is -0.855. The lowest BCUT2D eigenvalue weighted by molar-refractivity contribution is 0.0936. The number of rotatable bonds is 6. The van der Waals surface area contributed by atoms with E-state index in [9.17, 15) is 13.6 Å². The van der Waals surface area contributed by atoms with Crippen molar-refractivity contribution in [1.29, 1.82) is 0 Å². The molecule has 0 bridgehead atoms. The fourth-order valence-corrected chi connectivity index (χ4v) is 2.41. The van der Waals surface area contributed by atoms with Gasteiger partial charge in [-0.2, -0.15) is 0 Å². The van der Waals surface area contributed by atoms with Crippen molar-refractivity contribution in [3.05, 3.63) is 53.1 Å². The number of carbonyl (C=O) groups is 1. The van der Waals surface area contributed by atoms with Gasteiger partial charge in [0.25, 0.3) is 5.91 Å². The van der Waals surface area contributed by atoms with E-state index in [0.29, 0.717) is 11.5 Å². The van der Waals surface area contributed by atoms with E-state index in [1.807, 2.05) is 0 Å². The normalized spacial score (nSPS) is 11.6. The van der Waals surface area contributed by atoms with Crippen LogP contribution in [0.5, 0.6) is 17.2 Å². The molecule has 2 aromatic carbocycles. The number of methoxy groups -OCH3 is 3. The molecular formula is C18H19F2NO4. The summed E-state index contributed by atoms with van der Waals surface area (Å²) < 4.78 is 42.5. The van der Waals surface area contributed by atoms with E-state index in [-0.39, 0.29) is 16.9 Å². The van der Waals surface area contributed by atoms with Crippen molar-refractivity contribution in [2.75, 3.05) is 21.3 Å². The predicted octanol–water partition coefficient (Wildman–Crippen LogP) is 3.48. The van der Waals surface area contributed by atoms with Crippen LogP contribution in [0.3, 0.4) is 0 Å². The van der Waals surface area contributed by atoms with Crippen LogP contribution in [0.2, 0.25) is 0 Å². The standard InChI is InChI=1S/C18H19F2NO4/c1-10(12-6-5-11(19)7-14(12)20)21-18(22)13-8-16(24-3)17(25-4)9-15(13)23-2/h5-10H,1-4H3,(H,21,22). The van der Waals surface area contributed by atoms with E-state index >= 15 is 0 Å². The van der Waals surface area contributed by atoms with Crippen molar-refractivity contribution in [3.8, 4) is 17.2 Å². The van der Waals surface area contributed by atoms with E-state index < -0.39 is 23.6 Å². The van der Waals surface area contributed by atoms with Gasteiger partial charge in [-0.1, -0.05) is 6.07 Å². The molecule has 0 saturated heterocycles. The zero-order valence-corrected chi connectivity index (χ0v) is 14.4. The van der Waals surface area contributed by atoms with E-state index in [4.69, 9.17) is 14.2 Å². The number of hydrogen-bond acceptors (Lipinski definition) is 4. The molecule has 0 heterocycles. The molecule has 0 aliphatic rings. The third-order valence-electron chi connectivity index (χ3n) is 3.73. The second kappa shape index (κ2) is 7.83. The number of ether oxygens (including phenoxy) is 3. The first kappa shape index (κ1) is 18.5. The Hall–Kier alpha value is -2.83. The zero-order valence-electron chi connectivity index (χ0n) is 14.4. The van der Waals surface area contributed by atoms with Gasteiger partial charge >= 0.3 is 0 Å². The van der Waals surface area contributed by atoms with Crippen LogP contribution in [-0.2, 0) is 0 Å². The van der Waals surface area contributed by atoms with Crippen LogP contribution in [0.25, 0.3) is 0 Å². The minimum Gasteiger partial charge on any atom is -0.496 e. The lowest BCUT2D eigenvalue weighted by Crippen LogP contribution is -2.27. The van der Waals surface area contributed by atoms with Crippen LogP contribution in [0, 0.1) is 11.6 Å². The second-order valence-electron chi connectivity index (χ2n) is 5.27. The number of carbonyl (C=O) groups excluding carboxylic acids is 1. The summed E-state index contributed by atoms with van der Waals surface area (Å²) >= 11 is 0. The Labute approximate surface area is 144 Å². The lowest BCUT2D eigenvalue weighted by Gasteiger charge is -2.18. The summed E-state index contributed by atoms with van der Waals surface area (Å²) in [4.78, 5) is 12.6. The predicted molar refractivity (Wildman–Crippen MR) is 88.3 cm³/mol. The van der Waals surface area contributed by atoms with Gasteiger partial charge in [0, 0.05) is 23.8 Å². The van der Waals surface area contributed by atoms with Crippen LogP contribution in [-0.4, -0.2) is 27.2 Å². The molecule has 1 amide bonds. The van der Waals surface area contributed by atoms with Gasteiger partial charge in [-0.05, 0) is 13.0 Å². The van der Waals surface area contributed by atoms with Gasteiger partial charge in [0.05, 0.1) is 32.9 Å². The first-order chi connectivity index (χ1) is 11.9. The molecule has 0 aliphatic heterocycles. The third-order valence-corrected chi connectivity index (χ3v) is 3.73. The number of hydrogen-bond donors (Lipinski definition) is 1. The largest absolute Gasteiger partial charge is 0.496 e. The summed E-state index contributed by atoms with van der Waals surface area (Å²) in [6.07, 6.45) is 0. The Morgan fingerprint density at radius 1 is 0.960 bits per heavy atom. The van der Waals surface area contributed by atoms with Crippen molar-refractivity contribution < 1.29 is 27.8 Å². The summed E-state index contributed by atoms with van der Waals surface area (Å²) in [7, 11) is 4.33. The first-order valence-electron chi connectivity index (χ1n) is 7.47. The SMILES string of the molecule is COc1cc(OC)c(C(=O)NC(C)c2ccc(F)cc2F)cc1OC. The van der Waals surface area contributed by atoms with Gasteiger partial charge < -0.3 is 19.5 Å². The van der Waals surface area contributed by atoms with Crippen molar-refractivity contribution in [1.82, 2.24) is 5.32 Å². The Morgan fingerprint density at radius 2 is 1.56 bits per heavy atom. The van der Waals surface area contributed by atoms with Crippen molar-refractivity contribution in [3.63, 3.8) is 0 Å². The molecule has 5 nitrogen and oxygen atoms in total. The fraction of sp³-hybridized carbons (Fsp3) is 0.278. The highest BCUT2D eigenvalue weighted by Gasteiger charge is 2.21. The number of nitrogens with one attached hydrogen (secondary N) is 1. The highest BCUT2D eigenvalue weighted by atomic mass is 19.1. The molecule has 25 heavy (non-hydrogen) atoms. The molecule has 0 fully saturated rings. The summed E-state index contributed by atoms with van der Waals surface area (Å²) in [6, 6.07) is 5.53. The molecule has 0 spiro atoms. The maximum absolute atomic E-state index is 13.9. The summed E-state index contributed by atoms with van der Waals surface area (Å²) in [5.41, 5.74) is 0.378. The van der Waals surface area contributed by atoms with Crippen molar-refractivity contribution >= 4 is 5.91 Å². The highest BCUT2D eigenvalue weighted by Crippen LogP contribution is 2.34. The number of amides is 1. The summed E-state index contributed by atoms with van der Waals surface area (Å²) in [5, 5.41) is 2.66. The Balaban J connectivity index is 2.30. The minimum absolute atomic E-state index is 0.175. The van der Waals surface area contributed by atoms with E-state index in [0.717, 1.165) is 12.1 Å². The quantitative estimate of drug-likeness (QED) is 0.866. The van der Waals surface area contributed by atoms with Gasteiger partial charge in [-0.3, -0.25) is 4.79 Å². The number of halogens is 2. The molecule has 0 saturated carbocycles. The third kappa shape index (κ3) is 3.99. The van der Waals surface area contributed by atoms with Gasteiger partial charge in [-0.25, -0.2) is 8.78 Å². The van der Waals surface area contributed by atoms with Gasteiger partial charge in [0.15, 0.2) is 11.5 Å². The molecule has 1 N–H and O–H groups in total. The molecular weight excluding hydrogens is 332 g/mol. The Kier molecular flexibility index (Phi) is 5.80. The molecule has 7 heteroatoms. The fourth-order valence-electron chi connectivity index (χ4n) is 2.41. The zero-order chi connectivity index (χ0) is 18.6. The Bertz CT molecular complexity index is 780. The van der Waals surface area contributed by atoms with Crippen LogP contribution in [0.4, 0.5) is 8.78 Å². The van der Waals surface area contributed by atoms with E-state index in [1.165, 1.54) is 39.5 Å². The molecule has 1 atom stereocenters. The molecule has 0 radical (unpaired) electrons. The van der Waals surface area contributed by atoms with E-state index in [2.05, 4.69) is 5.32 Å². The second-order valence-corrected chi connectivity index (χ2v) is 5.27. The van der Waals surface area contributed by atoms with E-state index in [1.54, 1.807) is 6.92 Å². The van der Waals surface area contributed by atoms with Crippen LogP contribution in [0.1, 0.15) is 28.9 Å². The van der Waals surface area contributed by atoms with Gasteiger partial charge in [-0.15, -0.1) is 0 Å². The van der Waals surface area contributed by atoms with Gasteiger partial charge in [0.2, 0.25) is 0 Å². The molecule has 2 rings (SSSR count). The van der Waals surface area contributed by atoms with Crippen LogP contribution in [0.15, 0.2) is 30.3 Å². The molecule has 0 aliphatic carbocycles. The van der Waals surface area contributed by atoms with Crippen LogP contribution >= 0.6 is 0 Å². The maximum Gasteiger partial charge on any atom is 0.255 e. The molecule has 134 valence electrons. The highest BCUT2D eigenvalue weighted by molar-refractivity contribution is 5.98.